The standard InChI is InChI=1S/C18H27FN4O2/c1-13(16(24)20-17(25)21-18(2,3)4)22-9-11-23(12-10-22)15-7-5-14(19)6-8-15/h5-8,13H,9-12H2,1-4H3,(H2,20,21,24,25)/t13-/m1/s1. The number of hydrogen-bond donors (Lipinski definition) is 2. The molecule has 7 heteroatoms. The number of hydrogen-bond acceptors (Lipinski definition) is 4. The van der Waals surface area contributed by atoms with Crippen LogP contribution in [0.15, 0.2) is 24.3 Å². The highest BCUT2D eigenvalue weighted by Gasteiger charge is 2.27. The molecule has 0 radical (unpaired) electrons. The van der Waals surface area contributed by atoms with Gasteiger partial charge in [0, 0.05) is 37.4 Å². The predicted octanol–water partition coefficient (Wildman–Crippen LogP) is 1.96. The van der Waals surface area contributed by atoms with Crippen molar-refractivity contribution in [3.05, 3.63) is 30.1 Å². The number of carbonyl (C=O) groups excluding carboxylic acids is 2. The van der Waals surface area contributed by atoms with E-state index in [-0.39, 0.29) is 17.8 Å². The van der Waals surface area contributed by atoms with Gasteiger partial charge in [0.2, 0.25) is 5.91 Å². The quantitative estimate of drug-likeness (QED) is 0.875. The number of nitrogens with zero attached hydrogens (tertiary/aromatic N) is 2. The van der Waals surface area contributed by atoms with E-state index in [1.54, 1.807) is 19.1 Å². The van der Waals surface area contributed by atoms with Crippen LogP contribution in [-0.4, -0.2) is 54.6 Å². The summed E-state index contributed by atoms with van der Waals surface area (Å²) in [5.74, 6) is -0.557. The van der Waals surface area contributed by atoms with Crippen molar-refractivity contribution in [3.8, 4) is 0 Å². The molecule has 1 aromatic rings. The van der Waals surface area contributed by atoms with E-state index < -0.39 is 11.6 Å². The zero-order valence-electron chi connectivity index (χ0n) is 15.3. The number of halogens is 1. The van der Waals surface area contributed by atoms with Gasteiger partial charge in [-0.1, -0.05) is 0 Å². The number of rotatable bonds is 3. The van der Waals surface area contributed by atoms with Crippen molar-refractivity contribution in [2.45, 2.75) is 39.3 Å². The summed E-state index contributed by atoms with van der Waals surface area (Å²) >= 11 is 0. The van der Waals surface area contributed by atoms with Gasteiger partial charge in [-0.25, -0.2) is 9.18 Å². The molecule has 25 heavy (non-hydrogen) atoms. The summed E-state index contributed by atoms with van der Waals surface area (Å²) in [5.41, 5.74) is 0.580. The minimum atomic E-state index is -0.478. The number of amides is 3. The number of imide groups is 1. The van der Waals surface area contributed by atoms with Gasteiger partial charge in [0.1, 0.15) is 5.82 Å². The van der Waals surface area contributed by atoms with E-state index in [0.717, 1.165) is 18.8 Å². The summed E-state index contributed by atoms with van der Waals surface area (Å²) in [7, 11) is 0. The number of piperazine rings is 1. The smallest absolute Gasteiger partial charge is 0.321 e. The highest BCUT2D eigenvalue weighted by molar-refractivity contribution is 5.97. The normalized spacial score (nSPS) is 17.1. The van der Waals surface area contributed by atoms with Crippen molar-refractivity contribution in [1.29, 1.82) is 0 Å². The van der Waals surface area contributed by atoms with Crippen LogP contribution in [-0.2, 0) is 4.79 Å². The molecule has 2 rings (SSSR count). The zero-order chi connectivity index (χ0) is 18.6. The van der Waals surface area contributed by atoms with E-state index in [9.17, 15) is 14.0 Å². The Morgan fingerprint density at radius 2 is 1.64 bits per heavy atom. The van der Waals surface area contributed by atoms with Crippen molar-refractivity contribution in [2.75, 3.05) is 31.1 Å². The predicted molar refractivity (Wildman–Crippen MR) is 96.1 cm³/mol. The van der Waals surface area contributed by atoms with Gasteiger partial charge < -0.3 is 10.2 Å². The van der Waals surface area contributed by atoms with Gasteiger partial charge in [-0.05, 0) is 52.0 Å². The maximum atomic E-state index is 13.0. The van der Waals surface area contributed by atoms with E-state index in [1.165, 1.54) is 12.1 Å². The van der Waals surface area contributed by atoms with Crippen LogP contribution in [0.25, 0.3) is 0 Å². The molecule has 1 heterocycles. The third-order valence-electron chi connectivity index (χ3n) is 4.16. The van der Waals surface area contributed by atoms with Crippen LogP contribution in [0.2, 0.25) is 0 Å². The van der Waals surface area contributed by atoms with Crippen molar-refractivity contribution in [1.82, 2.24) is 15.5 Å². The Labute approximate surface area is 148 Å². The lowest BCUT2D eigenvalue weighted by Gasteiger charge is -2.38. The second-order valence-corrected chi connectivity index (χ2v) is 7.37. The highest BCUT2D eigenvalue weighted by Crippen LogP contribution is 2.17. The monoisotopic (exact) mass is 350 g/mol. The van der Waals surface area contributed by atoms with Crippen molar-refractivity contribution in [3.63, 3.8) is 0 Å². The van der Waals surface area contributed by atoms with Gasteiger partial charge in [0.25, 0.3) is 0 Å². The van der Waals surface area contributed by atoms with Crippen LogP contribution in [0, 0.1) is 5.82 Å². The first kappa shape index (κ1) is 19.2. The molecule has 0 aliphatic carbocycles. The number of nitrogens with one attached hydrogen (secondary N) is 2. The number of carbonyl (C=O) groups is 2. The van der Waals surface area contributed by atoms with E-state index in [2.05, 4.69) is 15.5 Å². The minimum absolute atomic E-state index is 0.249. The van der Waals surface area contributed by atoms with E-state index in [0.29, 0.717) is 13.1 Å². The Kier molecular flexibility index (Phi) is 6.00. The van der Waals surface area contributed by atoms with Gasteiger partial charge >= 0.3 is 6.03 Å². The van der Waals surface area contributed by atoms with Gasteiger partial charge in [-0.15, -0.1) is 0 Å². The Bertz CT molecular complexity index is 604. The molecule has 1 atom stereocenters. The molecule has 1 saturated heterocycles. The lowest BCUT2D eigenvalue weighted by molar-refractivity contribution is -0.124. The van der Waals surface area contributed by atoms with Gasteiger partial charge in [0.05, 0.1) is 6.04 Å². The third kappa shape index (κ3) is 5.70. The summed E-state index contributed by atoms with van der Waals surface area (Å²) in [6, 6.07) is 5.56. The lowest BCUT2D eigenvalue weighted by Crippen LogP contribution is -2.56. The molecule has 0 aromatic heterocycles. The summed E-state index contributed by atoms with van der Waals surface area (Å²) in [6.45, 7) is 10.3. The van der Waals surface area contributed by atoms with Crippen molar-refractivity contribution in [2.24, 2.45) is 0 Å². The molecular weight excluding hydrogens is 323 g/mol. The molecule has 0 saturated carbocycles. The van der Waals surface area contributed by atoms with Crippen molar-refractivity contribution >= 4 is 17.6 Å². The Morgan fingerprint density at radius 3 is 2.16 bits per heavy atom. The second kappa shape index (κ2) is 7.82. The Morgan fingerprint density at radius 1 is 1.08 bits per heavy atom. The highest BCUT2D eigenvalue weighted by atomic mass is 19.1. The molecule has 1 aromatic carbocycles. The zero-order valence-corrected chi connectivity index (χ0v) is 15.3. The minimum Gasteiger partial charge on any atom is -0.369 e. The maximum Gasteiger partial charge on any atom is 0.321 e. The Hall–Kier alpha value is -2.15. The molecule has 1 aliphatic rings. The Balaban J connectivity index is 1.84. The molecule has 138 valence electrons. The first-order valence-corrected chi connectivity index (χ1v) is 8.53. The number of benzene rings is 1. The van der Waals surface area contributed by atoms with Gasteiger partial charge in [0.15, 0.2) is 0 Å². The van der Waals surface area contributed by atoms with Crippen LogP contribution >= 0.6 is 0 Å². The second-order valence-electron chi connectivity index (χ2n) is 7.37. The van der Waals surface area contributed by atoms with Crippen LogP contribution in [0.4, 0.5) is 14.9 Å². The lowest BCUT2D eigenvalue weighted by atomic mass is 10.1. The molecule has 2 N–H and O–H groups in total. The SMILES string of the molecule is C[C@H](C(=O)NC(=O)NC(C)(C)C)N1CCN(c2ccc(F)cc2)CC1. The number of urea groups is 1. The summed E-state index contributed by atoms with van der Waals surface area (Å²) < 4.78 is 13.0. The molecule has 0 bridgehead atoms. The molecule has 6 nitrogen and oxygen atoms in total. The van der Waals surface area contributed by atoms with Crippen LogP contribution in [0.3, 0.4) is 0 Å². The summed E-state index contributed by atoms with van der Waals surface area (Å²) in [5, 5.41) is 5.11. The van der Waals surface area contributed by atoms with E-state index in [4.69, 9.17) is 0 Å². The molecule has 0 unspecified atom stereocenters. The van der Waals surface area contributed by atoms with E-state index >= 15 is 0 Å². The molecule has 3 amide bonds. The van der Waals surface area contributed by atoms with Crippen molar-refractivity contribution < 1.29 is 14.0 Å². The van der Waals surface area contributed by atoms with Gasteiger partial charge in [-0.2, -0.15) is 0 Å². The molecule has 1 fully saturated rings. The first-order chi connectivity index (χ1) is 11.7. The number of anilines is 1. The van der Waals surface area contributed by atoms with Crippen LogP contribution in [0.5, 0.6) is 0 Å². The summed E-state index contributed by atoms with van der Waals surface area (Å²) in [6.07, 6.45) is 0. The van der Waals surface area contributed by atoms with Crippen LogP contribution in [0.1, 0.15) is 27.7 Å². The fraction of sp³-hybridized carbons (Fsp3) is 0.556. The largest absolute Gasteiger partial charge is 0.369 e. The average Bonchev–Trinajstić information content (AvgIpc) is 2.53. The average molecular weight is 350 g/mol. The molecule has 0 spiro atoms. The van der Waals surface area contributed by atoms with E-state index in [1.807, 2.05) is 25.7 Å². The first-order valence-electron chi connectivity index (χ1n) is 8.53. The fourth-order valence-corrected chi connectivity index (χ4v) is 2.77. The fourth-order valence-electron chi connectivity index (χ4n) is 2.77. The molecule has 1 aliphatic heterocycles. The van der Waals surface area contributed by atoms with Gasteiger partial charge in [-0.3, -0.25) is 15.0 Å². The molecular formula is C18H27FN4O2. The third-order valence-corrected chi connectivity index (χ3v) is 4.16. The maximum absolute atomic E-state index is 13.0. The summed E-state index contributed by atoms with van der Waals surface area (Å²) in [4.78, 5) is 28.3. The topological polar surface area (TPSA) is 64.7 Å². The van der Waals surface area contributed by atoms with Crippen LogP contribution < -0.4 is 15.5 Å².